The molecule has 1 heterocycles. The first-order valence-electron chi connectivity index (χ1n) is 7.61. The molecule has 130 valence electrons. The number of benzene rings is 2. The van der Waals surface area contributed by atoms with Crippen LogP contribution in [0.3, 0.4) is 0 Å². The highest BCUT2D eigenvalue weighted by Crippen LogP contribution is 2.13. The van der Waals surface area contributed by atoms with Crippen LogP contribution in [-0.2, 0) is 0 Å². The zero-order valence-corrected chi connectivity index (χ0v) is 13.4. The number of halogens is 2. The van der Waals surface area contributed by atoms with Crippen molar-refractivity contribution < 1.29 is 18.4 Å². The van der Waals surface area contributed by atoms with Crippen LogP contribution in [0.4, 0.5) is 20.2 Å². The second kappa shape index (κ2) is 7.52. The molecule has 2 aromatic carbocycles. The van der Waals surface area contributed by atoms with Gasteiger partial charge in [-0.15, -0.1) is 0 Å². The zero-order chi connectivity index (χ0) is 18.5. The second-order valence-corrected chi connectivity index (χ2v) is 5.36. The number of anilines is 2. The Balaban J connectivity index is 1.73. The van der Waals surface area contributed by atoms with Gasteiger partial charge in [0.05, 0.1) is 0 Å². The lowest BCUT2D eigenvalue weighted by atomic mass is 10.2. The van der Waals surface area contributed by atoms with E-state index in [9.17, 15) is 18.4 Å². The average Bonchev–Trinajstić information content (AvgIpc) is 2.64. The van der Waals surface area contributed by atoms with E-state index in [1.807, 2.05) is 0 Å². The number of rotatable bonds is 4. The summed E-state index contributed by atoms with van der Waals surface area (Å²) in [6.45, 7) is 0. The van der Waals surface area contributed by atoms with E-state index >= 15 is 0 Å². The van der Waals surface area contributed by atoms with Crippen LogP contribution in [0.25, 0.3) is 0 Å². The Bertz CT molecular complexity index is 959. The Morgan fingerprint density at radius 1 is 0.769 bits per heavy atom. The third-order valence-electron chi connectivity index (χ3n) is 3.44. The summed E-state index contributed by atoms with van der Waals surface area (Å²) in [5.74, 6) is -1.94. The molecule has 0 bridgehead atoms. The molecule has 0 aliphatic heterocycles. The first kappa shape index (κ1) is 17.2. The first-order chi connectivity index (χ1) is 12.5. The minimum atomic E-state index is -0.544. The minimum absolute atomic E-state index is 0.0150. The van der Waals surface area contributed by atoms with Crippen LogP contribution in [0.2, 0.25) is 0 Å². The van der Waals surface area contributed by atoms with Gasteiger partial charge in [-0.2, -0.15) is 0 Å². The number of carbonyl (C=O) groups excluding carboxylic acids is 2. The monoisotopic (exact) mass is 353 g/mol. The normalized spacial score (nSPS) is 10.2. The fourth-order valence-electron chi connectivity index (χ4n) is 2.19. The molecule has 0 saturated carbocycles. The maximum atomic E-state index is 13.2. The summed E-state index contributed by atoms with van der Waals surface area (Å²) >= 11 is 0. The maximum Gasteiger partial charge on any atom is 0.274 e. The average molecular weight is 353 g/mol. The molecule has 0 radical (unpaired) electrons. The van der Waals surface area contributed by atoms with Gasteiger partial charge in [-0.25, -0.2) is 8.78 Å². The van der Waals surface area contributed by atoms with E-state index in [4.69, 9.17) is 0 Å². The van der Waals surface area contributed by atoms with Crippen LogP contribution < -0.4 is 10.6 Å². The summed E-state index contributed by atoms with van der Waals surface area (Å²) < 4.78 is 26.1. The Morgan fingerprint density at radius 3 is 2.23 bits per heavy atom. The molecular formula is C19H13F2N3O2. The lowest BCUT2D eigenvalue weighted by Crippen LogP contribution is -2.17. The number of amides is 2. The number of nitrogens with one attached hydrogen (secondary N) is 2. The van der Waals surface area contributed by atoms with Gasteiger partial charge < -0.3 is 10.6 Å². The molecular weight excluding hydrogens is 340 g/mol. The van der Waals surface area contributed by atoms with E-state index in [-0.39, 0.29) is 11.3 Å². The second-order valence-electron chi connectivity index (χ2n) is 5.36. The van der Waals surface area contributed by atoms with Gasteiger partial charge in [0.1, 0.15) is 17.3 Å². The largest absolute Gasteiger partial charge is 0.322 e. The van der Waals surface area contributed by atoms with Crippen molar-refractivity contribution in [2.45, 2.75) is 0 Å². The third-order valence-corrected chi connectivity index (χ3v) is 3.44. The number of hydrogen-bond acceptors (Lipinski definition) is 3. The molecule has 0 aliphatic rings. The van der Waals surface area contributed by atoms with Crippen molar-refractivity contribution in [1.29, 1.82) is 0 Å². The smallest absolute Gasteiger partial charge is 0.274 e. The summed E-state index contributed by atoms with van der Waals surface area (Å²) in [6.07, 6.45) is 1.32. The van der Waals surface area contributed by atoms with Crippen molar-refractivity contribution in [2.75, 3.05) is 10.6 Å². The van der Waals surface area contributed by atoms with Gasteiger partial charge in [0.15, 0.2) is 0 Å². The number of aromatic nitrogens is 1. The molecule has 3 aromatic rings. The molecule has 2 N–H and O–H groups in total. The molecule has 7 heteroatoms. The number of nitrogens with zero attached hydrogens (tertiary/aromatic N) is 1. The fraction of sp³-hybridized carbons (Fsp3) is 0. The molecule has 0 spiro atoms. The topological polar surface area (TPSA) is 71.1 Å². The lowest BCUT2D eigenvalue weighted by Gasteiger charge is -2.07. The SMILES string of the molecule is O=C(Nc1cccc(F)c1)c1ccnc(C(=O)Nc2ccc(F)cc2)c1. The summed E-state index contributed by atoms with van der Waals surface area (Å²) in [4.78, 5) is 28.4. The summed E-state index contributed by atoms with van der Waals surface area (Å²) in [7, 11) is 0. The molecule has 3 rings (SSSR count). The van der Waals surface area contributed by atoms with E-state index in [0.29, 0.717) is 11.4 Å². The van der Waals surface area contributed by atoms with Crippen LogP contribution in [0.1, 0.15) is 20.8 Å². The lowest BCUT2D eigenvalue weighted by molar-refractivity contribution is 0.102. The number of hydrogen-bond donors (Lipinski definition) is 2. The Hall–Kier alpha value is -3.61. The van der Waals surface area contributed by atoms with Crippen molar-refractivity contribution >= 4 is 23.2 Å². The van der Waals surface area contributed by atoms with Crippen molar-refractivity contribution in [1.82, 2.24) is 4.98 Å². The highest BCUT2D eigenvalue weighted by atomic mass is 19.1. The molecule has 26 heavy (non-hydrogen) atoms. The highest BCUT2D eigenvalue weighted by Gasteiger charge is 2.13. The first-order valence-corrected chi connectivity index (χ1v) is 7.61. The fourth-order valence-corrected chi connectivity index (χ4v) is 2.19. The van der Waals surface area contributed by atoms with Crippen LogP contribution in [0, 0.1) is 11.6 Å². The molecule has 0 atom stereocenters. The summed E-state index contributed by atoms with van der Waals surface area (Å²) in [5, 5.41) is 5.10. The molecule has 0 saturated heterocycles. The van der Waals surface area contributed by atoms with Crippen molar-refractivity contribution in [2.24, 2.45) is 0 Å². The van der Waals surface area contributed by atoms with Crippen LogP contribution in [0.15, 0.2) is 66.9 Å². The molecule has 0 aliphatic carbocycles. The number of pyridine rings is 1. The Kier molecular flexibility index (Phi) is 4.98. The van der Waals surface area contributed by atoms with Gasteiger partial charge in [0.25, 0.3) is 11.8 Å². The molecule has 0 fully saturated rings. The third kappa shape index (κ3) is 4.27. The molecule has 0 unspecified atom stereocenters. The highest BCUT2D eigenvalue weighted by molar-refractivity contribution is 6.07. The van der Waals surface area contributed by atoms with Crippen LogP contribution in [0.5, 0.6) is 0 Å². The van der Waals surface area contributed by atoms with Crippen LogP contribution >= 0.6 is 0 Å². The predicted molar refractivity (Wildman–Crippen MR) is 92.9 cm³/mol. The van der Waals surface area contributed by atoms with Crippen molar-refractivity contribution in [3.63, 3.8) is 0 Å². The number of carbonyl (C=O) groups is 2. The van der Waals surface area contributed by atoms with Gasteiger partial charge >= 0.3 is 0 Å². The summed E-state index contributed by atoms with van der Waals surface area (Å²) in [5.41, 5.74) is 0.895. The van der Waals surface area contributed by atoms with Gasteiger partial charge in [0.2, 0.25) is 0 Å². The van der Waals surface area contributed by atoms with E-state index in [0.717, 1.165) is 0 Å². The van der Waals surface area contributed by atoms with Crippen molar-refractivity contribution in [3.05, 3.63) is 89.8 Å². The van der Waals surface area contributed by atoms with E-state index in [1.165, 1.54) is 60.8 Å². The predicted octanol–water partition coefficient (Wildman–Crippen LogP) is 3.86. The van der Waals surface area contributed by atoms with Gasteiger partial charge in [-0.1, -0.05) is 6.07 Å². The van der Waals surface area contributed by atoms with Gasteiger partial charge in [-0.05, 0) is 54.6 Å². The minimum Gasteiger partial charge on any atom is -0.322 e. The molecule has 2 amide bonds. The Labute approximate surface area is 147 Å². The quantitative estimate of drug-likeness (QED) is 0.748. The van der Waals surface area contributed by atoms with Crippen molar-refractivity contribution in [3.8, 4) is 0 Å². The molecule has 5 nitrogen and oxygen atoms in total. The summed E-state index contributed by atoms with van der Waals surface area (Å²) in [6, 6.07) is 13.5. The van der Waals surface area contributed by atoms with E-state index in [2.05, 4.69) is 15.6 Å². The maximum absolute atomic E-state index is 13.2. The van der Waals surface area contributed by atoms with E-state index in [1.54, 1.807) is 6.07 Å². The standard InChI is InChI=1S/C19H13F2N3O2/c20-13-4-6-15(7-5-13)23-19(26)17-10-12(8-9-22-17)18(25)24-16-3-1-2-14(21)11-16/h1-11H,(H,23,26)(H,24,25). The van der Waals surface area contributed by atoms with Gasteiger partial charge in [-0.3, -0.25) is 14.6 Å². The Morgan fingerprint density at radius 2 is 1.50 bits per heavy atom. The van der Waals surface area contributed by atoms with Crippen LogP contribution in [-0.4, -0.2) is 16.8 Å². The zero-order valence-electron chi connectivity index (χ0n) is 13.4. The molecule has 1 aromatic heterocycles. The van der Waals surface area contributed by atoms with Gasteiger partial charge in [0, 0.05) is 23.1 Å². The van der Waals surface area contributed by atoms with E-state index < -0.39 is 23.4 Å².